The molecule has 1 N–H and O–H groups in total. The standard InChI is InChI=1S/C15H27NO2S/c1-3-18-14(17)15(16-2,13-8-9-13)11-19-10-12-6-4-5-7-12/h12-13,16H,3-11H2,1-2H3. The molecule has 0 aliphatic heterocycles. The first-order valence-electron chi connectivity index (χ1n) is 7.66. The van der Waals surface area contributed by atoms with E-state index >= 15 is 0 Å². The molecular formula is C15H27NO2S. The van der Waals surface area contributed by atoms with E-state index in [2.05, 4.69) is 5.32 Å². The Balaban J connectivity index is 1.87. The Morgan fingerprint density at radius 1 is 1.32 bits per heavy atom. The fourth-order valence-corrected chi connectivity index (χ4v) is 4.73. The third-order valence-electron chi connectivity index (χ3n) is 4.52. The van der Waals surface area contributed by atoms with Crippen molar-refractivity contribution in [2.45, 2.75) is 51.0 Å². The molecule has 1 unspecified atom stereocenters. The molecule has 2 saturated carbocycles. The number of carbonyl (C=O) groups excluding carboxylic acids is 1. The number of thioether (sulfide) groups is 1. The summed E-state index contributed by atoms with van der Waals surface area (Å²) in [5.74, 6) is 3.38. The van der Waals surface area contributed by atoms with Crippen LogP contribution in [0.1, 0.15) is 45.4 Å². The van der Waals surface area contributed by atoms with Gasteiger partial charge in [0.05, 0.1) is 6.61 Å². The van der Waals surface area contributed by atoms with Crippen LogP contribution in [0.15, 0.2) is 0 Å². The second-order valence-electron chi connectivity index (χ2n) is 5.88. The number of likely N-dealkylation sites (N-methyl/N-ethyl adjacent to an activating group) is 1. The third-order valence-corrected chi connectivity index (χ3v) is 5.88. The molecule has 1 atom stereocenters. The number of esters is 1. The Kier molecular flexibility index (Phi) is 5.58. The summed E-state index contributed by atoms with van der Waals surface area (Å²) in [5, 5.41) is 3.29. The Hall–Kier alpha value is -0.220. The van der Waals surface area contributed by atoms with E-state index in [1.54, 1.807) is 0 Å². The van der Waals surface area contributed by atoms with Gasteiger partial charge in [0.15, 0.2) is 0 Å². The van der Waals surface area contributed by atoms with Crippen LogP contribution in [0.5, 0.6) is 0 Å². The normalized spacial score (nSPS) is 23.3. The summed E-state index contributed by atoms with van der Waals surface area (Å²) in [6.45, 7) is 2.36. The van der Waals surface area contributed by atoms with Crippen LogP contribution in [0.25, 0.3) is 0 Å². The molecule has 0 radical (unpaired) electrons. The van der Waals surface area contributed by atoms with Gasteiger partial charge in [-0.25, -0.2) is 0 Å². The van der Waals surface area contributed by atoms with Crippen molar-refractivity contribution in [1.29, 1.82) is 0 Å². The largest absolute Gasteiger partial charge is 0.465 e. The van der Waals surface area contributed by atoms with Crippen molar-refractivity contribution in [1.82, 2.24) is 5.32 Å². The maximum Gasteiger partial charge on any atom is 0.327 e. The summed E-state index contributed by atoms with van der Waals surface area (Å²) in [7, 11) is 1.91. The zero-order valence-electron chi connectivity index (χ0n) is 12.2. The number of rotatable bonds is 8. The van der Waals surface area contributed by atoms with Gasteiger partial charge in [-0.15, -0.1) is 0 Å². The second-order valence-corrected chi connectivity index (χ2v) is 6.91. The molecule has 2 aliphatic carbocycles. The summed E-state index contributed by atoms with van der Waals surface area (Å²) in [5.41, 5.74) is -0.431. The summed E-state index contributed by atoms with van der Waals surface area (Å²) < 4.78 is 5.31. The summed E-state index contributed by atoms with van der Waals surface area (Å²) in [4.78, 5) is 12.3. The van der Waals surface area contributed by atoms with Crippen LogP contribution in [0.4, 0.5) is 0 Å². The predicted octanol–water partition coefficient (Wildman–Crippen LogP) is 2.84. The van der Waals surface area contributed by atoms with Crippen molar-refractivity contribution in [2.75, 3.05) is 25.2 Å². The molecule has 0 aromatic rings. The van der Waals surface area contributed by atoms with E-state index < -0.39 is 5.54 Å². The molecule has 0 spiro atoms. The minimum atomic E-state index is -0.431. The van der Waals surface area contributed by atoms with Gasteiger partial charge in [0.2, 0.25) is 0 Å². The van der Waals surface area contributed by atoms with Gasteiger partial charge in [-0.3, -0.25) is 4.79 Å². The molecule has 3 nitrogen and oxygen atoms in total. The van der Waals surface area contributed by atoms with Crippen molar-refractivity contribution in [3.05, 3.63) is 0 Å². The van der Waals surface area contributed by atoms with E-state index in [0.29, 0.717) is 12.5 Å². The van der Waals surface area contributed by atoms with Crippen molar-refractivity contribution in [3.8, 4) is 0 Å². The number of carbonyl (C=O) groups is 1. The van der Waals surface area contributed by atoms with Crippen LogP contribution in [0, 0.1) is 11.8 Å². The first kappa shape index (κ1) is 15.2. The monoisotopic (exact) mass is 285 g/mol. The summed E-state index contributed by atoms with van der Waals surface area (Å²) in [6, 6.07) is 0. The number of nitrogens with one attached hydrogen (secondary N) is 1. The Morgan fingerprint density at radius 2 is 2.00 bits per heavy atom. The smallest absolute Gasteiger partial charge is 0.327 e. The zero-order valence-corrected chi connectivity index (χ0v) is 13.1. The topological polar surface area (TPSA) is 38.3 Å². The van der Waals surface area contributed by atoms with Crippen LogP contribution < -0.4 is 5.32 Å². The highest BCUT2D eigenvalue weighted by atomic mass is 32.2. The molecule has 2 aliphatic rings. The molecule has 0 heterocycles. The Morgan fingerprint density at radius 3 is 2.53 bits per heavy atom. The number of hydrogen-bond acceptors (Lipinski definition) is 4. The lowest BCUT2D eigenvalue weighted by Crippen LogP contribution is -2.55. The van der Waals surface area contributed by atoms with Gasteiger partial charge in [-0.05, 0) is 57.2 Å². The molecule has 110 valence electrons. The SMILES string of the molecule is CCOC(=O)C(CSCC1CCCC1)(NC)C1CC1. The molecule has 2 rings (SSSR count). The Bertz CT molecular complexity index is 301. The molecule has 19 heavy (non-hydrogen) atoms. The van der Waals surface area contributed by atoms with Crippen molar-refractivity contribution in [3.63, 3.8) is 0 Å². The van der Waals surface area contributed by atoms with Crippen LogP contribution >= 0.6 is 11.8 Å². The lowest BCUT2D eigenvalue weighted by Gasteiger charge is -2.31. The molecule has 2 fully saturated rings. The van der Waals surface area contributed by atoms with E-state index in [1.807, 2.05) is 25.7 Å². The van der Waals surface area contributed by atoms with E-state index in [0.717, 1.165) is 24.5 Å². The fraction of sp³-hybridized carbons (Fsp3) is 0.933. The minimum Gasteiger partial charge on any atom is -0.465 e. The molecular weight excluding hydrogens is 258 g/mol. The lowest BCUT2D eigenvalue weighted by molar-refractivity contribution is -0.150. The summed E-state index contributed by atoms with van der Waals surface area (Å²) in [6.07, 6.45) is 7.85. The van der Waals surface area contributed by atoms with Crippen molar-refractivity contribution in [2.24, 2.45) is 11.8 Å². The van der Waals surface area contributed by atoms with E-state index in [1.165, 1.54) is 31.4 Å². The molecule has 0 saturated heterocycles. The molecule has 0 bridgehead atoms. The highest BCUT2D eigenvalue weighted by molar-refractivity contribution is 7.99. The van der Waals surface area contributed by atoms with Crippen molar-refractivity contribution < 1.29 is 9.53 Å². The van der Waals surface area contributed by atoms with Gasteiger partial charge in [0.25, 0.3) is 0 Å². The van der Waals surface area contributed by atoms with E-state index in [-0.39, 0.29) is 5.97 Å². The highest BCUT2D eigenvalue weighted by Gasteiger charge is 2.51. The van der Waals surface area contributed by atoms with Crippen LogP contribution in [-0.4, -0.2) is 36.7 Å². The van der Waals surface area contributed by atoms with Gasteiger partial charge < -0.3 is 10.1 Å². The van der Waals surface area contributed by atoms with E-state index in [9.17, 15) is 4.79 Å². The molecule has 0 aromatic carbocycles. The molecule has 4 heteroatoms. The molecule has 0 aromatic heterocycles. The van der Waals surface area contributed by atoms with E-state index in [4.69, 9.17) is 4.74 Å². The van der Waals surface area contributed by atoms with Gasteiger partial charge in [0, 0.05) is 5.75 Å². The van der Waals surface area contributed by atoms with Crippen molar-refractivity contribution >= 4 is 17.7 Å². The average molecular weight is 285 g/mol. The first-order chi connectivity index (χ1) is 9.23. The van der Waals surface area contributed by atoms with Gasteiger partial charge in [-0.2, -0.15) is 11.8 Å². The zero-order chi connectivity index (χ0) is 13.7. The van der Waals surface area contributed by atoms with Crippen LogP contribution in [-0.2, 0) is 9.53 Å². The molecule has 0 amide bonds. The fourth-order valence-electron chi connectivity index (χ4n) is 3.12. The van der Waals surface area contributed by atoms with Crippen LogP contribution in [0.2, 0.25) is 0 Å². The number of ether oxygens (including phenoxy) is 1. The highest BCUT2D eigenvalue weighted by Crippen LogP contribution is 2.42. The van der Waals surface area contributed by atoms with Crippen LogP contribution in [0.3, 0.4) is 0 Å². The maximum atomic E-state index is 12.3. The first-order valence-corrected chi connectivity index (χ1v) is 8.82. The third kappa shape index (κ3) is 3.66. The quantitative estimate of drug-likeness (QED) is 0.696. The number of hydrogen-bond donors (Lipinski definition) is 1. The lowest BCUT2D eigenvalue weighted by atomic mass is 9.96. The maximum absolute atomic E-state index is 12.3. The van der Waals surface area contributed by atoms with Gasteiger partial charge in [-0.1, -0.05) is 12.8 Å². The predicted molar refractivity (Wildman–Crippen MR) is 80.4 cm³/mol. The van der Waals surface area contributed by atoms with Gasteiger partial charge >= 0.3 is 5.97 Å². The Labute approximate surface area is 121 Å². The summed E-state index contributed by atoms with van der Waals surface area (Å²) >= 11 is 1.94. The second kappa shape index (κ2) is 6.98. The average Bonchev–Trinajstić information content (AvgIpc) is 3.13. The minimum absolute atomic E-state index is 0.0427. The van der Waals surface area contributed by atoms with Gasteiger partial charge in [0.1, 0.15) is 5.54 Å².